The molecule has 0 aliphatic carbocycles. The number of rotatable bonds is 6. The van der Waals surface area contributed by atoms with Crippen LogP contribution < -0.4 is 0 Å². The number of cyclic esters (lactones) is 1. The summed E-state index contributed by atoms with van der Waals surface area (Å²) in [6.45, 7) is 4.57. The molecule has 1 aliphatic rings. The number of ether oxygens (including phenoxy) is 1. The van der Waals surface area contributed by atoms with Gasteiger partial charge in [-0.25, -0.2) is 4.79 Å². The lowest BCUT2D eigenvalue weighted by atomic mass is 10.1. The molecule has 1 aromatic carbocycles. The number of carbonyl (C=O) groups is 2. The third-order valence-corrected chi connectivity index (χ3v) is 4.45. The number of nitrogens with zero attached hydrogens (tertiary/aromatic N) is 3. The molecule has 7 nitrogen and oxygen atoms in total. The second-order valence-corrected chi connectivity index (χ2v) is 6.75. The molecule has 138 valence electrons. The molecule has 26 heavy (non-hydrogen) atoms. The first-order valence-electron chi connectivity index (χ1n) is 8.63. The molecule has 0 saturated carbocycles. The summed E-state index contributed by atoms with van der Waals surface area (Å²) in [4.78, 5) is 27.6. The molecule has 0 bridgehead atoms. The Morgan fingerprint density at radius 1 is 1.35 bits per heavy atom. The van der Waals surface area contributed by atoms with Gasteiger partial charge in [0.2, 0.25) is 5.91 Å². The fraction of sp³-hybridized carbons (Fsp3) is 0.421. The molecule has 0 radical (unpaired) electrons. The maximum absolute atomic E-state index is 12.6. The summed E-state index contributed by atoms with van der Waals surface area (Å²) < 4.78 is 10.4. The summed E-state index contributed by atoms with van der Waals surface area (Å²) in [6.07, 6.45) is -0.470. The smallest absolute Gasteiger partial charge is 0.410 e. The lowest BCUT2D eigenvalue weighted by Gasteiger charge is -2.24. The Kier molecular flexibility index (Phi) is 5.25. The summed E-state index contributed by atoms with van der Waals surface area (Å²) in [5.74, 6) is 0.694. The highest BCUT2D eigenvalue weighted by molar-refractivity contribution is 5.83. The van der Waals surface area contributed by atoms with Crippen LogP contribution in [0.5, 0.6) is 0 Å². The average molecular weight is 357 g/mol. The van der Waals surface area contributed by atoms with Crippen LogP contribution in [0.25, 0.3) is 0 Å². The van der Waals surface area contributed by atoms with Gasteiger partial charge in [-0.1, -0.05) is 49.3 Å². The van der Waals surface area contributed by atoms with E-state index in [9.17, 15) is 9.59 Å². The first-order chi connectivity index (χ1) is 12.5. The van der Waals surface area contributed by atoms with Crippen LogP contribution in [-0.2, 0) is 16.1 Å². The molecule has 1 atom stereocenters. The minimum atomic E-state index is -0.470. The number of hydrogen-bond donors (Lipinski definition) is 0. The van der Waals surface area contributed by atoms with Crippen LogP contribution in [0.2, 0.25) is 0 Å². The lowest BCUT2D eigenvalue weighted by molar-refractivity contribution is -0.131. The van der Waals surface area contributed by atoms with E-state index < -0.39 is 6.09 Å². The Bertz CT molecular complexity index is 772. The molecule has 2 amide bonds. The number of amides is 2. The maximum Gasteiger partial charge on any atom is 0.410 e. The minimum absolute atomic E-state index is 0.0416. The van der Waals surface area contributed by atoms with Crippen molar-refractivity contribution in [2.75, 3.05) is 20.2 Å². The average Bonchev–Trinajstić information content (AvgIpc) is 3.23. The van der Waals surface area contributed by atoms with E-state index in [1.54, 1.807) is 7.05 Å². The predicted octanol–water partition coefficient (Wildman–Crippen LogP) is 2.95. The largest absolute Gasteiger partial charge is 0.447 e. The monoisotopic (exact) mass is 357 g/mol. The normalized spacial score (nSPS) is 16.8. The van der Waals surface area contributed by atoms with Crippen molar-refractivity contribution in [3.63, 3.8) is 0 Å². The van der Waals surface area contributed by atoms with Crippen LogP contribution in [-0.4, -0.2) is 47.2 Å². The lowest BCUT2D eigenvalue weighted by Crippen LogP contribution is -2.39. The molecule has 2 aromatic rings. The Hall–Kier alpha value is -2.83. The Labute approximate surface area is 152 Å². The maximum atomic E-state index is 12.6. The second kappa shape index (κ2) is 7.59. The van der Waals surface area contributed by atoms with Crippen molar-refractivity contribution in [1.82, 2.24) is 15.0 Å². The summed E-state index contributed by atoms with van der Waals surface area (Å²) in [5, 5.41) is 4.00. The van der Waals surface area contributed by atoms with Crippen molar-refractivity contribution in [2.24, 2.45) is 0 Å². The Morgan fingerprint density at radius 2 is 2.08 bits per heavy atom. The Morgan fingerprint density at radius 3 is 2.73 bits per heavy atom. The highest BCUT2D eigenvalue weighted by atomic mass is 16.6. The van der Waals surface area contributed by atoms with Crippen molar-refractivity contribution in [2.45, 2.75) is 32.4 Å². The first-order valence-corrected chi connectivity index (χ1v) is 8.63. The zero-order valence-corrected chi connectivity index (χ0v) is 15.2. The van der Waals surface area contributed by atoms with Crippen LogP contribution in [0.3, 0.4) is 0 Å². The van der Waals surface area contributed by atoms with Crippen molar-refractivity contribution >= 4 is 12.0 Å². The van der Waals surface area contributed by atoms with Gasteiger partial charge in [-0.05, 0) is 11.5 Å². The minimum Gasteiger partial charge on any atom is -0.447 e. The van der Waals surface area contributed by atoms with Crippen molar-refractivity contribution in [3.05, 3.63) is 53.4 Å². The van der Waals surface area contributed by atoms with E-state index in [0.29, 0.717) is 12.3 Å². The number of aromatic nitrogens is 1. The summed E-state index contributed by atoms with van der Waals surface area (Å²) in [6, 6.07) is 11.2. The first kappa shape index (κ1) is 18.0. The van der Waals surface area contributed by atoms with E-state index in [1.807, 2.05) is 50.2 Å². The van der Waals surface area contributed by atoms with Gasteiger partial charge in [-0.2, -0.15) is 0 Å². The second-order valence-electron chi connectivity index (χ2n) is 6.75. The number of hydrogen-bond acceptors (Lipinski definition) is 5. The van der Waals surface area contributed by atoms with Gasteiger partial charge in [0, 0.05) is 13.1 Å². The van der Waals surface area contributed by atoms with Gasteiger partial charge in [-0.15, -0.1) is 0 Å². The van der Waals surface area contributed by atoms with Crippen LogP contribution in [0.1, 0.15) is 42.8 Å². The van der Waals surface area contributed by atoms with Crippen LogP contribution in [0.4, 0.5) is 4.79 Å². The van der Waals surface area contributed by atoms with Gasteiger partial charge in [0.1, 0.15) is 13.2 Å². The molecule has 1 saturated heterocycles. The topological polar surface area (TPSA) is 75.9 Å². The highest BCUT2D eigenvalue weighted by Crippen LogP contribution is 2.27. The standard InChI is InChI=1S/C19H23N3O4/c1-13(2)16-9-15(26-20-16)10-21(3)18(23)11-22-17(12-25-19(22)24)14-7-5-4-6-8-14/h4-9,13,17H,10-12H2,1-3H3/t17-/m1/s1. The Balaban J connectivity index is 1.64. The van der Waals surface area contributed by atoms with Gasteiger partial charge >= 0.3 is 6.09 Å². The molecule has 0 spiro atoms. The third-order valence-electron chi connectivity index (χ3n) is 4.45. The fourth-order valence-corrected chi connectivity index (χ4v) is 2.84. The van der Waals surface area contributed by atoms with Gasteiger partial charge in [0.25, 0.3) is 0 Å². The van der Waals surface area contributed by atoms with E-state index >= 15 is 0 Å². The summed E-state index contributed by atoms with van der Waals surface area (Å²) >= 11 is 0. The molecule has 2 heterocycles. The van der Waals surface area contributed by atoms with Crippen LogP contribution in [0.15, 0.2) is 40.9 Å². The molecule has 0 unspecified atom stereocenters. The van der Waals surface area contributed by atoms with E-state index in [4.69, 9.17) is 9.26 Å². The van der Waals surface area contributed by atoms with E-state index in [1.165, 1.54) is 9.80 Å². The molecular formula is C19H23N3O4. The number of carbonyl (C=O) groups excluding carboxylic acids is 2. The SMILES string of the molecule is CC(C)c1cc(CN(C)C(=O)CN2C(=O)OC[C@@H]2c2ccccc2)on1. The molecule has 1 aromatic heterocycles. The third kappa shape index (κ3) is 3.87. The van der Waals surface area contributed by atoms with Gasteiger partial charge in [0.15, 0.2) is 5.76 Å². The van der Waals surface area contributed by atoms with E-state index in [0.717, 1.165) is 11.3 Å². The van der Waals surface area contributed by atoms with Gasteiger partial charge in [-0.3, -0.25) is 9.69 Å². The zero-order chi connectivity index (χ0) is 18.7. The number of benzene rings is 1. The predicted molar refractivity (Wildman–Crippen MR) is 94.3 cm³/mol. The quantitative estimate of drug-likeness (QED) is 0.794. The summed E-state index contributed by atoms with van der Waals surface area (Å²) in [7, 11) is 1.68. The fourth-order valence-electron chi connectivity index (χ4n) is 2.84. The van der Waals surface area contributed by atoms with Crippen LogP contribution in [0, 0.1) is 0 Å². The van der Waals surface area contributed by atoms with Gasteiger partial charge < -0.3 is 14.2 Å². The van der Waals surface area contributed by atoms with Gasteiger partial charge in [0.05, 0.1) is 18.3 Å². The summed E-state index contributed by atoms with van der Waals surface area (Å²) in [5.41, 5.74) is 1.80. The molecule has 1 fully saturated rings. The van der Waals surface area contributed by atoms with Crippen LogP contribution >= 0.6 is 0 Å². The molecule has 3 rings (SSSR count). The number of likely N-dealkylation sites (N-methyl/N-ethyl adjacent to an activating group) is 1. The van der Waals surface area contributed by atoms with E-state index in [2.05, 4.69) is 5.16 Å². The highest BCUT2D eigenvalue weighted by Gasteiger charge is 2.35. The van der Waals surface area contributed by atoms with Crippen molar-refractivity contribution < 1.29 is 18.8 Å². The van der Waals surface area contributed by atoms with Crippen molar-refractivity contribution in [3.8, 4) is 0 Å². The molecule has 1 aliphatic heterocycles. The van der Waals surface area contributed by atoms with E-state index in [-0.39, 0.29) is 31.0 Å². The zero-order valence-electron chi connectivity index (χ0n) is 15.2. The molecule has 7 heteroatoms. The van der Waals surface area contributed by atoms with Crippen molar-refractivity contribution in [1.29, 1.82) is 0 Å². The molecule has 0 N–H and O–H groups in total. The molecular weight excluding hydrogens is 334 g/mol.